The molecule has 3 aromatic carbocycles. The first-order valence-corrected chi connectivity index (χ1v) is 9.33. The van der Waals surface area contributed by atoms with E-state index in [0.29, 0.717) is 11.3 Å². The lowest BCUT2D eigenvalue weighted by molar-refractivity contribution is -0.147. The predicted molar refractivity (Wildman–Crippen MR) is 112 cm³/mol. The van der Waals surface area contributed by atoms with Gasteiger partial charge in [0.1, 0.15) is 12.4 Å². The van der Waals surface area contributed by atoms with Crippen molar-refractivity contribution in [2.45, 2.75) is 20.5 Å². The quantitative estimate of drug-likeness (QED) is 0.596. The van der Waals surface area contributed by atoms with Gasteiger partial charge in [-0.25, -0.2) is 4.79 Å². The van der Waals surface area contributed by atoms with E-state index < -0.39 is 5.97 Å². The Morgan fingerprint density at radius 1 is 0.862 bits per heavy atom. The van der Waals surface area contributed by atoms with Crippen LogP contribution in [0.1, 0.15) is 27.0 Å². The molecule has 1 amide bonds. The molecule has 0 aliphatic carbocycles. The van der Waals surface area contributed by atoms with Gasteiger partial charge in [-0.3, -0.25) is 4.79 Å². The summed E-state index contributed by atoms with van der Waals surface area (Å²) in [6.45, 7) is 3.91. The maximum atomic E-state index is 12.2. The molecule has 5 heteroatoms. The molecule has 0 unspecified atom stereocenters. The van der Waals surface area contributed by atoms with E-state index in [-0.39, 0.29) is 19.1 Å². The van der Waals surface area contributed by atoms with Crippen LogP contribution >= 0.6 is 0 Å². The number of para-hydroxylation sites is 1. The van der Waals surface area contributed by atoms with E-state index in [1.165, 1.54) is 0 Å². The number of hydrogen-bond acceptors (Lipinski definition) is 4. The molecule has 3 aromatic rings. The number of nitrogens with one attached hydrogen (secondary N) is 1. The van der Waals surface area contributed by atoms with Crippen molar-refractivity contribution < 1.29 is 19.1 Å². The molecular formula is C24H23NO4. The van der Waals surface area contributed by atoms with Gasteiger partial charge in [-0.05, 0) is 60.9 Å². The molecule has 0 bridgehead atoms. The van der Waals surface area contributed by atoms with Gasteiger partial charge >= 0.3 is 5.97 Å². The van der Waals surface area contributed by atoms with Crippen molar-refractivity contribution in [2.24, 2.45) is 0 Å². The number of carbonyl (C=O) groups is 2. The number of benzene rings is 3. The van der Waals surface area contributed by atoms with Crippen molar-refractivity contribution in [1.82, 2.24) is 0 Å². The minimum absolute atomic E-state index is 0.121. The zero-order chi connectivity index (χ0) is 20.6. The molecule has 148 valence electrons. The second kappa shape index (κ2) is 9.55. The van der Waals surface area contributed by atoms with Crippen molar-refractivity contribution in [3.05, 3.63) is 95.1 Å². The Labute approximate surface area is 170 Å². The van der Waals surface area contributed by atoms with Gasteiger partial charge in [0, 0.05) is 11.3 Å². The van der Waals surface area contributed by atoms with Gasteiger partial charge in [-0.15, -0.1) is 0 Å². The summed E-state index contributed by atoms with van der Waals surface area (Å²) in [6.07, 6.45) is 0. The van der Waals surface area contributed by atoms with Gasteiger partial charge < -0.3 is 14.8 Å². The van der Waals surface area contributed by atoms with Crippen LogP contribution in [0.4, 0.5) is 5.69 Å². The predicted octanol–water partition coefficient (Wildman–Crippen LogP) is 4.68. The molecule has 0 atom stereocenters. The summed E-state index contributed by atoms with van der Waals surface area (Å²) in [5.74, 6) is 0.0363. The van der Waals surface area contributed by atoms with Crippen LogP contribution < -0.4 is 10.1 Å². The summed E-state index contributed by atoms with van der Waals surface area (Å²) in [7, 11) is 0. The fourth-order valence-corrected chi connectivity index (χ4v) is 2.70. The highest BCUT2D eigenvalue weighted by atomic mass is 16.6. The number of amides is 1. The first kappa shape index (κ1) is 20.1. The lowest BCUT2D eigenvalue weighted by atomic mass is 10.1. The van der Waals surface area contributed by atoms with Crippen LogP contribution in [0.3, 0.4) is 0 Å². The standard InChI is InChI=1S/C24H23NO4/c1-17-7-6-10-22(18(17)2)28-16-23(26)29-15-19-11-13-20(14-12-19)24(27)25-21-8-4-3-5-9-21/h3-14H,15-16H2,1-2H3,(H,25,27). The second-order valence-electron chi connectivity index (χ2n) is 6.66. The number of carbonyl (C=O) groups excluding carboxylic acids is 2. The van der Waals surface area contributed by atoms with Crippen molar-refractivity contribution >= 4 is 17.6 Å². The van der Waals surface area contributed by atoms with Gasteiger partial charge in [0.05, 0.1) is 0 Å². The van der Waals surface area contributed by atoms with Crippen molar-refractivity contribution in [1.29, 1.82) is 0 Å². The third kappa shape index (κ3) is 5.69. The average Bonchev–Trinajstić information content (AvgIpc) is 2.74. The Kier molecular flexibility index (Phi) is 6.63. The summed E-state index contributed by atoms with van der Waals surface area (Å²) < 4.78 is 10.8. The fourth-order valence-electron chi connectivity index (χ4n) is 2.70. The third-order valence-electron chi connectivity index (χ3n) is 4.55. The van der Waals surface area contributed by atoms with Gasteiger partial charge in [0.25, 0.3) is 5.91 Å². The molecule has 5 nitrogen and oxygen atoms in total. The monoisotopic (exact) mass is 389 g/mol. The van der Waals surface area contributed by atoms with E-state index in [0.717, 1.165) is 22.4 Å². The Morgan fingerprint density at radius 3 is 2.31 bits per heavy atom. The van der Waals surface area contributed by atoms with Gasteiger partial charge in [-0.1, -0.05) is 42.5 Å². The molecule has 0 heterocycles. The molecule has 0 aliphatic rings. The van der Waals surface area contributed by atoms with Crippen LogP contribution in [0.25, 0.3) is 0 Å². The topological polar surface area (TPSA) is 64.6 Å². The van der Waals surface area contributed by atoms with E-state index >= 15 is 0 Å². The van der Waals surface area contributed by atoms with Gasteiger partial charge in [0.2, 0.25) is 0 Å². The minimum Gasteiger partial charge on any atom is -0.482 e. The van der Waals surface area contributed by atoms with Crippen LogP contribution in [0.15, 0.2) is 72.8 Å². The normalized spacial score (nSPS) is 10.3. The lowest BCUT2D eigenvalue weighted by Gasteiger charge is -2.11. The van der Waals surface area contributed by atoms with E-state index in [9.17, 15) is 9.59 Å². The summed E-state index contributed by atoms with van der Waals surface area (Å²) in [6, 6.07) is 21.9. The Balaban J connectivity index is 1.47. The minimum atomic E-state index is -0.447. The maximum Gasteiger partial charge on any atom is 0.344 e. The molecule has 0 radical (unpaired) electrons. The molecule has 0 spiro atoms. The maximum absolute atomic E-state index is 12.2. The van der Waals surface area contributed by atoms with E-state index in [4.69, 9.17) is 9.47 Å². The summed E-state index contributed by atoms with van der Waals surface area (Å²) >= 11 is 0. The van der Waals surface area contributed by atoms with E-state index in [2.05, 4.69) is 5.32 Å². The number of anilines is 1. The summed E-state index contributed by atoms with van der Waals surface area (Å²) in [5, 5.41) is 2.83. The highest BCUT2D eigenvalue weighted by molar-refractivity contribution is 6.04. The van der Waals surface area contributed by atoms with Crippen LogP contribution in [0.5, 0.6) is 5.75 Å². The number of rotatable bonds is 7. The SMILES string of the molecule is Cc1cccc(OCC(=O)OCc2ccc(C(=O)Nc3ccccc3)cc2)c1C. The molecule has 1 N–H and O–H groups in total. The fraction of sp³-hybridized carbons (Fsp3) is 0.167. The molecule has 0 fully saturated rings. The van der Waals surface area contributed by atoms with E-state index in [1.807, 2.05) is 62.4 Å². The molecule has 0 saturated carbocycles. The zero-order valence-corrected chi connectivity index (χ0v) is 16.5. The second-order valence-corrected chi connectivity index (χ2v) is 6.66. The van der Waals surface area contributed by atoms with Crippen LogP contribution in [0, 0.1) is 13.8 Å². The zero-order valence-electron chi connectivity index (χ0n) is 16.5. The Bertz CT molecular complexity index is 982. The molecular weight excluding hydrogens is 366 g/mol. The molecule has 3 rings (SSSR count). The van der Waals surface area contributed by atoms with Gasteiger partial charge in [-0.2, -0.15) is 0 Å². The van der Waals surface area contributed by atoms with Crippen LogP contribution in [0.2, 0.25) is 0 Å². The number of aryl methyl sites for hydroxylation is 1. The van der Waals surface area contributed by atoms with Crippen LogP contribution in [-0.4, -0.2) is 18.5 Å². The summed E-state index contributed by atoms with van der Waals surface area (Å²) in [5.41, 5.74) is 4.17. The Hall–Kier alpha value is -3.60. The highest BCUT2D eigenvalue weighted by Crippen LogP contribution is 2.20. The largest absolute Gasteiger partial charge is 0.482 e. The first-order valence-electron chi connectivity index (χ1n) is 9.33. The molecule has 29 heavy (non-hydrogen) atoms. The van der Waals surface area contributed by atoms with E-state index in [1.54, 1.807) is 24.3 Å². The number of hydrogen-bond donors (Lipinski definition) is 1. The van der Waals surface area contributed by atoms with Crippen molar-refractivity contribution in [3.63, 3.8) is 0 Å². The van der Waals surface area contributed by atoms with Crippen molar-refractivity contribution in [3.8, 4) is 5.75 Å². The number of esters is 1. The van der Waals surface area contributed by atoms with Gasteiger partial charge in [0.15, 0.2) is 6.61 Å². The smallest absolute Gasteiger partial charge is 0.344 e. The first-order chi connectivity index (χ1) is 14.0. The van der Waals surface area contributed by atoms with Crippen LogP contribution in [-0.2, 0) is 16.1 Å². The third-order valence-corrected chi connectivity index (χ3v) is 4.55. The average molecular weight is 389 g/mol. The number of ether oxygens (including phenoxy) is 2. The molecule has 0 saturated heterocycles. The highest BCUT2D eigenvalue weighted by Gasteiger charge is 2.09. The van der Waals surface area contributed by atoms with Crippen molar-refractivity contribution in [2.75, 3.05) is 11.9 Å². The lowest BCUT2D eigenvalue weighted by Crippen LogP contribution is -2.15. The Morgan fingerprint density at radius 2 is 1.59 bits per heavy atom. The summed E-state index contributed by atoms with van der Waals surface area (Å²) in [4.78, 5) is 24.2. The molecule has 0 aromatic heterocycles. The molecule has 0 aliphatic heterocycles.